The van der Waals surface area contributed by atoms with E-state index in [1.165, 1.54) is 24.3 Å². The fraction of sp³-hybridized carbons (Fsp3) is 0.345. The van der Waals surface area contributed by atoms with Crippen LogP contribution in [0.15, 0.2) is 66.7 Å². The maximum atomic E-state index is 13.9. The molecule has 190 valence electrons. The molecule has 1 saturated heterocycles. The predicted molar refractivity (Wildman–Crippen MR) is 131 cm³/mol. The van der Waals surface area contributed by atoms with Crippen LogP contribution >= 0.6 is 0 Å². The largest absolute Gasteiger partial charge is 0.481 e. The minimum Gasteiger partial charge on any atom is -0.481 e. The van der Waals surface area contributed by atoms with E-state index in [9.17, 15) is 27.5 Å². The lowest BCUT2D eigenvalue weighted by molar-refractivity contribution is -0.138. The second kappa shape index (κ2) is 10.1. The molecule has 1 fully saturated rings. The summed E-state index contributed by atoms with van der Waals surface area (Å²) in [6, 6.07) is 16.7. The van der Waals surface area contributed by atoms with Crippen LogP contribution in [0.1, 0.15) is 61.3 Å². The third-order valence-electron chi connectivity index (χ3n) is 7.36. The molecule has 2 unspecified atom stereocenters. The van der Waals surface area contributed by atoms with Crippen LogP contribution in [0.2, 0.25) is 0 Å². The SMILES string of the molecule is CC(C(=O)O)c1ccc(C(C)(c2ccc(F)cc2)N2CCCCC2)c(-c2ccc(C(F)(F)F)cc2)c1. The van der Waals surface area contributed by atoms with Crippen LogP contribution in [-0.4, -0.2) is 29.1 Å². The zero-order chi connectivity index (χ0) is 26.1. The van der Waals surface area contributed by atoms with E-state index >= 15 is 0 Å². The highest BCUT2D eigenvalue weighted by atomic mass is 19.4. The molecule has 7 heteroatoms. The van der Waals surface area contributed by atoms with E-state index in [0.717, 1.165) is 55.6 Å². The molecule has 3 nitrogen and oxygen atoms in total. The maximum Gasteiger partial charge on any atom is 0.416 e. The summed E-state index contributed by atoms with van der Waals surface area (Å²) < 4.78 is 53.6. The average Bonchev–Trinajstić information content (AvgIpc) is 2.88. The molecular formula is C29H29F4NO2. The van der Waals surface area contributed by atoms with Gasteiger partial charge in [0.15, 0.2) is 0 Å². The smallest absolute Gasteiger partial charge is 0.416 e. The highest BCUT2D eigenvalue weighted by Crippen LogP contribution is 2.43. The van der Waals surface area contributed by atoms with Crippen molar-refractivity contribution < 1.29 is 27.5 Å². The fourth-order valence-corrected chi connectivity index (χ4v) is 5.10. The molecule has 3 aromatic rings. The number of halogens is 4. The maximum absolute atomic E-state index is 13.9. The second-order valence-corrected chi connectivity index (χ2v) is 9.57. The van der Waals surface area contributed by atoms with Gasteiger partial charge in [0.25, 0.3) is 0 Å². The quantitative estimate of drug-likeness (QED) is 0.358. The third-order valence-corrected chi connectivity index (χ3v) is 7.36. The Labute approximate surface area is 208 Å². The van der Waals surface area contributed by atoms with Gasteiger partial charge < -0.3 is 5.11 Å². The third kappa shape index (κ3) is 5.03. The van der Waals surface area contributed by atoms with Crippen molar-refractivity contribution in [2.45, 2.75) is 50.7 Å². The van der Waals surface area contributed by atoms with E-state index in [4.69, 9.17) is 0 Å². The molecule has 0 amide bonds. The lowest BCUT2D eigenvalue weighted by Gasteiger charge is -2.45. The van der Waals surface area contributed by atoms with Crippen LogP contribution in [-0.2, 0) is 16.5 Å². The predicted octanol–water partition coefficient (Wildman–Crippen LogP) is 7.45. The molecule has 2 atom stereocenters. The molecule has 0 bridgehead atoms. The van der Waals surface area contributed by atoms with Crippen molar-refractivity contribution >= 4 is 5.97 Å². The Kier molecular flexibility index (Phi) is 7.23. The Morgan fingerprint density at radius 1 is 0.889 bits per heavy atom. The zero-order valence-corrected chi connectivity index (χ0v) is 20.3. The van der Waals surface area contributed by atoms with Crippen LogP contribution in [0.25, 0.3) is 11.1 Å². The number of piperidine rings is 1. The Balaban J connectivity index is 1.95. The van der Waals surface area contributed by atoms with Gasteiger partial charge in [-0.2, -0.15) is 13.2 Å². The first kappa shape index (κ1) is 25.9. The summed E-state index contributed by atoms with van der Waals surface area (Å²) in [6.07, 6.45) is -1.35. The Morgan fingerprint density at radius 2 is 1.47 bits per heavy atom. The van der Waals surface area contributed by atoms with Crippen LogP contribution in [0, 0.1) is 5.82 Å². The molecule has 3 aromatic carbocycles. The normalized spacial score (nSPS) is 17.4. The highest BCUT2D eigenvalue weighted by Gasteiger charge is 2.38. The topological polar surface area (TPSA) is 40.5 Å². The lowest BCUT2D eigenvalue weighted by Crippen LogP contribution is -2.47. The number of carboxylic acid groups (broad SMARTS) is 1. The number of nitrogens with zero attached hydrogens (tertiary/aromatic N) is 1. The molecule has 36 heavy (non-hydrogen) atoms. The van der Waals surface area contributed by atoms with Crippen molar-refractivity contribution in [1.82, 2.24) is 4.90 Å². The van der Waals surface area contributed by atoms with Gasteiger partial charge in [-0.05, 0) is 97.9 Å². The van der Waals surface area contributed by atoms with Gasteiger partial charge in [-0.1, -0.05) is 42.8 Å². The molecule has 0 spiro atoms. The van der Waals surface area contributed by atoms with Crippen LogP contribution in [0.5, 0.6) is 0 Å². The molecule has 1 heterocycles. The lowest BCUT2D eigenvalue weighted by atomic mass is 9.77. The highest BCUT2D eigenvalue weighted by molar-refractivity contribution is 5.78. The number of benzene rings is 3. The van der Waals surface area contributed by atoms with Gasteiger partial charge in [-0.3, -0.25) is 9.69 Å². The minimum absolute atomic E-state index is 0.353. The summed E-state index contributed by atoms with van der Waals surface area (Å²) in [5.41, 5.74) is 2.00. The number of aliphatic carboxylic acids is 1. The van der Waals surface area contributed by atoms with Gasteiger partial charge in [0, 0.05) is 0 Å². The van der Waals surface area contributed by atoms with Gasteiger partial charge in [0.2, 0.25) is 0 Å². The second-order valence-electron chi connectivity index (χ2n) is 9.57. The number of rotatable bonds is 6. The van der Waals surface area contributed by atoms with Crippen LogP contribution < -0.4 is 0 Å². The van der Waals surface area contributed by atoms with Gasteiger partial charge >= 0.3 is 12.1 Å². The number of likely N-dealkylation sites (tertiary alicyclic amines) is 1. The van der Waals surface area contributed by atoms with E-state index in [1.54, 1.807) is 31.2 Å². The summed E-state index contributed by atoms with van der Waals surface area (Å²) in [6.45, 7) is 5.26. The van der Waals surface area contributed by atoms with E-state index in [-0.39, 0.29) is 5.82 Å². The first-order chi connectivity index (χ1) is 17.0. The zero-order valence-electron chi connectivity index (χ0n) is 20.3. The summed E-state index contributed by atoms with van der Waals surface area (Å²) in [5.74, 6) is -2.13. The standard InChI is InChI=1S/C29H29F4NO2/c1-19(27(35)36)21-8-15-26(25(18-21)20-6-9-23(10-7-20)29(31,32)33)28(2,34-16-4-3-5-17-34)22-11-13-24(30)14-12-22/h6-15,18-19H,3-5,16-17H2,1-2H3,(H,35,36). The van der Waals surface area contributed by atoms with Crippen LogP contribution in [0.4, 0.5) is 17.6 Å². The van der Waals surface area contributed by atoms with Crippen molar-refractivity contribution in [3.8, 4) is 11.1 Å². The van der Waals surface area contributed by atoms with Crippen molar-refractivity contribution in [1.29, 1.82) is 0 Å². The molecule has 1 N–H and O–H groups in total. The van der Waals surface area contributed by atoms with Crippen molar-refractivity contribution in [2.24, 2.45) is 0 Å². The summed E-state index contributed by atoms with van der Waals surface area (Å²) in [5, 5.41) is 9.59. The monoisotopic (exact) mass is 499 g/mol. The Hall–Kier alpha value is -3.19. The van der Waals surface area contributed by atoms with Crippen molar-refractivity contribution in [2.75, 3.05) is 13.1 Å². The first-order valence-corrected chi connectivity index (χ1v) is 12.1. The number of carbonyl (C=O) groups is 1. The molecule has 0 radical (unpaired) electrons. The summed E-state index contributed by atoms with van der Waals surface area (Å²) in [4.78, 5) is 14.0. The molecule has 0 aromatic heterocycles. The molecule has 4 rings (SSSR count). The van der Waals surface area contributed by atoms with E-state index < -0.39 is 29.2 Å². The fourth-order valence-electron chi connectivity index (χ4n) is 5.10. The molecule has 0 saturated carbocycles. The molecule has 0 aliphatic carbocycles. The summed E-state index contributed by atoms with van der Waals surface area (Å²) in [7, 11) is 0. The van der Waals surface area contributed by atoms with Gasteiger partial charge in [0.05, 0.1) is 17.0 Å². The van der Waals surface area contributed by atoms with E-state index in [1.807, 2.05) is 6.07 Å². The van der Waals surface area contributed by atoms with Gasteiger partial charge in [-0.15, -0.1) is 0 Å². The van der Waals surface area contributed by atoms with Crippen molar-refractivity contribution in [3.63, 3.8) is 0 Å². The number of hydrogen-bond acceptors (Lipinski definition) is 2. The van der Waals surface area contributed by atoms with E-state index in [2.05, 4.69) is 11.8 Å². The molecule has 1 aliphatic rings. The molecule has 1 aliphatic heterocycles. The Bertz CT molecular complexity index is 1220. The molecular weight excluding hydrogens is 470 g/mol. The van der Waals surface area contributed by atoms with Gasteiger partial charge in [-0.25, -0.2) is 4.39 Å². The number of carboxylic acids is 1. The van der Waals surface area contributed by atoms with Crippen LogP contribution in [0.3, 0.4) is 0 Å². The van der Waals surface area contributed by atoms with E-state index in [0.29, 0.717) is 16.7 Å². The number of hydrogen-bond donors (Lipinski definition) is 1. The first-order valence-electron chi connectivity index (χ1n) is 12.1. The number of alkyl halides is 3. The summed E-state index contributed by atoms with van der Waals surface area (Å²) >= 11 is 0. The van der Waals surface area contributed by atoms with Gasteiger partial charge in [0.1, 0.15) is 5.82 Å². The Morgan fingerprint density at radius 3 is 2.03 bits per heavy atom. The average molecular weight is 500 g/mol. The van der Waals surface area contributed by atoms with Crippen molar-refractivity contribution in [3.05, 3.63) is 94.8 Å². The minimum atomic E-state index is -4.46.